The fraction of sp³-hybridized carbons (Fsp3) is 0.286. The summed E-state index contributed by atoms with van der Waals surface area (Å²) in [6.07, 6.45) is 0.964. The molecule has 0 atom stereocenters. The van der Waals surface area contributed by atoms with E-state index in [9.17, 15) is 4.79 Å². The van der Waals surface area contributed by atoms with Crippen molar-refractivity contribution in [1.29, 1.82) is 0 Å². The van der Waals surface area contributed by atoms with Crippen LogP contribution in [-0.2, 0) is 19.5 Å². The first-order valence-electron chi connectivity index (χ1n) is 6.15. The van der Waals surface area contributed by atoms with Crippen molar-refractivity contribution in [1.82, 2.24) is 10.3 Å². The van der Waals surface area contributed by atoms with Crippen LogP contribution < -0.4 is 5.32 Å². The number of aryl methyl sites for hydroxylation is 1. The van der Waals surface area contributed by atoms with E-state index in [4.69, 9.17) is 5.11 Å². The van der Waals surface area contributed by atoms with Gasteiger partial charge in [0.05, 0.1) is 16.3 Å². The van der Waals surface area contributed by atoms with E-state index in [0.717, 1.165) is 22.7 Å². The van der Waals surface area contributed by atoms with Crippen molar-refractivity contribution in [2.75, 3.05) is 0 Å². The lowest BCUT2D eigenvalue weighted by Crippen LogP contribution is -2.13. The monoisotopic (exact) mass is 276 g/mol. The number of carboxylic acid groups (broad SMARTS) is 1. The maximum absolute atomic E-state index is 10.9. The van der Waals surface area contributed by atoms with E-state index < -0.39 is 5.97 Å². The summed E-state index contributed by atoms with van der Waals surface area (Å²) in [5.41, 5.74) is 2.32. The van der Waals surface area contributed by atoms with Gasteiger partial charge in [-0.3, -0.25) is 0 Å². The van der Waals surface area contributed by atoms with Crippen LogP contribution >= 0.6 is 11.3 Å². The highest BCUT2D eigenvalue weighted by atomic mass is 32.1. The molecule has 0 aliphatic carbocycles. The van der Waals surface area contributed by atoms with Crippen LogP contribution in [0.25, 0.3) is 0 Å². The van der Waals surface area contributed by atoms with Crippen LogP contribution in [0, 0.1) is 0 Å². The van der Waals surface area contributed by atoms with Crippen LogP contribution in [0.2, 0.25) is 0 Å². The molecule has 0 unspecified atom stereocenters. The van der Waals surface area contributed by atoms with Crippen LogP contribution in [0.5, 0.6) is 0 Å². The minimum Gasteiger partial charge on any atom is -0.478 e. The number of nitrogens with zero attached hydrogens (tertiary/aromatic N) is 1. The van der Waals surface area contributed by atoms with Crippen molar-refractivity contribution < 1.29 is 9.90 Å². The number of aromatic nitrogens is 1. The molecule has 1 aromatic carbocycles. The molecule has 0 saturated carbocycles. The van der Waals surface area contributed by atoms with Gasteiger partial charge in [0, 0.05) is 18.5 Å². The summed E-state index contributed by atoms with van der Waals surface area (Å²) in [5.74, 6) is -0.895. The van der Waals surface area contributed by atoms with Crippen LogP contribution in [0.1, 0.15) is 33.5 Å². The Bertz CT molecular complexity index is 566. The number of benzene rings is 1. The molecule has 19 heavy (non-hydrogen) atoms. The van der Waals surface area contributed by atoms with Crippen molar-refractivity contribution in [2.24, 2.45) is 0 Å². The zero-order valence-corrected chi connectivity index (χ0v) is 11.5. The van der Waals surface area contributed by atoms with Crippen LogP contribution in [0.3, 0.4) is 0 Å². The Morgan fingerprint density at radius 1 is 1.42 bits per heavy atom. The van der Waals surface area contributed by atoms with Gasteiger partial charge in [-0.1, -0.05) is 19.1 Å². The van der Waals surface area contributed by atoms with Gasteiger partial charge in [-0.25, -0.2) is 9.78 Å². The zero-order chi connectivity index (χ0) is 13.7. The Hall–Kier alpha value is -1.72. The predicted molar refractivity (Wildman–Crippen MR) is 75.4 cm³/mol. The van der Waals surface area contributed by atoms with Crippen LogP contribution in [0.15, 0.2) is 29.6 Å². The normalized spacial score (nSPS) is 10.6. The first-order chi connectivity index (χ1) is 9.19. The van der Waals surface area contributed by atoms with Gasteiger partial charge >= 0.3 is 5.97 Å². The minimum atomic E-state index is -0.895. The summed E-state index contributed by atoms with van der Waals surface area (Å²) in [5, 5.41) is 15.4. The van der Waals surface area contributed by atoms with Gasteiger partial charge < -0.3 is 10.4 Å². The fourth-order valence-electron chi connectivity index (χ4n) is 1.74. The first kappa shape index (κ1) is 13.7. The molecule has 0 aliphatic rings. The molecule has 2 rings (SSSR count). The molecule has 100 valence electrons. The van der Waals surface area contributed by atoms with E-state index >= 15 is 0 Å². The summed E-state index contributed by atoms with van der Waals surface area (Å²) in [7, 11) is 0. The van der Waals surface area contributed by atoms with Crippen molar-refractivity contribution in [3.63, 3.8) is 0 Å². The Balaban J connectivity index is 1.88. The molecule has 1 aromatic heterocycles. The Morgan fingerprint density at radius 3 is 2.95 bits per heavy atom. The number of hydrogen-bond acceptors (Lipinski definition) is 4. The average Bonchev–Trinajstić information content (AvgIpc) is 2.87. The van der Waals surface area contributed by atoms with Crippen molar-refractivity contribution in [3.05, 3.63) is 51.5 Å². The molecule has 0 spiro atoms. The second-order valence-electron chi connectivity index (χ2n) is 4.20. The van der Waals surface area contributed by atoms with E-state index in [0.29, 0.717) is 18.7 Å². The number of carbonyl (C=O) groups is 1. The molecular formula is C14H16N2O2S. The molecule has 5 heteroatoms. The van der Waals surface area contributed by atoms with Crippen molar-refractivity contribution in [2.45, 2.75) is 26.4 Å². The highest BCUT2D eigenvalue weighted by Crippen LogP contribution is 2.10. The van der Waals surface area contributed by atoms with Gasteiger partial charge in [0.25, 0.3) is 0 Å². The Kier molecular flexibility index (Phi) is 4.65. The van der Waals surface area contributed by atoms with Gasteiger partial charge in [0.15, 0.2) is 0 Å². The molecule has 0 amide bonds. The third kappa shape index (κ3) is 3.87. The summed E-state index contributed by atoms with van der Waals surface area (Å²) in [4.78, 5) is 15.3. The van der Waals surface area contributed by atoms with Crippen LogP contribution in [-0.4, -0.2) is 16.1 Å². The van der Waals surface area contributed by atoms with E-state index in [1.54, 1.807) is 29.5 Å². The quantitative estimate of drug-likeness (QED) is 0.851. The zero-order valence-electron chi connectivity index (χ0n) is 10.7. The van der Waals surface area contributed by atoms with E-state index in [2.05, 4.69) is 22.6 Å². The maximum Gasteiger partial charge on any atom is 0.335 e. The lowest BCUT2D eigenvalue weighted by molar-refractivity contribution is 0.0696. The molecule has 2 aromatic rings. The number of hydrogen-bond donors (Lipinski definition) is 2. The second-order valence-corrected chi connectivity index (χ2v) is 5.14. The number of rotatable bonds is 6. The number of carboxylic acids is 1. The molecule has 1 heterocycles. The molecule has 2 N–H and O–H groups in total. The fourth-order valence-corrected chi connectivity index (χ4v) is 2.49. The van der Waals surface area contributed by atoms with Gasteiger partial charge in [0.2, 0.25) is 0 Å². The largest absolute Gasteiger partial charge is 0.478 e. The summed E-state index contributed by atoms with van der Waals surface area (Å²) >= 11 is 1.67. The Morgan fingerprint density at radius 2 is 2.26 bits per heavy atom. The standard InChI is InChI=1S/C14H16N2O2S/c1-2-13-16-12(9-19-13)8-15-7-10-4-3-5-11(6-10)14(17)18/h3-6,9,15H,2,7-8H2,1H3,(H,17,18). The highest BCUT2D eigenvalue weighted by Gasteiger charge is 2.03. The second kappa shape index (κ2) is 6.45. The molecule has 4 nitrogen and oxygen atoms in total. The maximum atomic E-state index is 10.9. The minimum absolute atomic E-state index is 0.321. The molecular weight excluding hydrogens is 260 g/mol. The number of thiazole rings is 1. The lowest BCUT2D eigenvalue weighted by atomic mass is 10.1. The van der Waals surface area contributed by atoms with Crippen molar-refractivity contribution >= 4 is 17.3 Å². The predicted octanol–water partition coefficient (Wildman–Crippen LogP) is 2.69. The average molecular weight is 276 g/mol. The first-order valence-corrected chi connectivity index (χ1v) is 7.03. The molecule has 0 aliphatic heterocycles. The topological polar surface area (TPSA) is 62.2 Å². The SMILES string of the molecule is CCc1nc(CNCc2cccc(C(=O)O)c2)cs1. The molecule has 0 saturated heterocycles. The van der Waals surface area contributed by atoms with Gasteiger partial charge in [-0.15, -0.1) is 11.3 Å². The van der Waals surface area contributed by atoms with Crippen LogP contribution in [0.4, 0.5) is 0 Å². The number of aromatic carboxylic acids is 1. The van der Waals surface area contributed by atoms with E-state index in [-0.39, 0.29) is 0 Å². The highest BCUT2D eigenvalue weighted by molar-refractivity contribution is 7.09. The summed E-state index contributed by atoms with van der Waals surface area (Å²) in [6, 6.07) is 6.96. The molecule has 0 radical (unpaired) electrons. The van der Waals surface area contributed by atoms with Gasteiger partial charge in [-0.2, -0.15) is 0 Å². The molecule has 0 fully saturated rings. The number of nitrogens with one attached hydrogen (secondary N) is 1. The molecule has 0 bridgehead atoms. The van der Waals surface area contributed by atoms with Gasteiger partial charge in [-0.05, 0) is 24.1 Å². The van der Waals surface area contributed by atoms with Gasteiger partial charge in [0.1, 0.15) is 0 Å². The summed E-state index contributed by atoms with van der Waals surface area (Å²) in [6.45, 7) is 3.43. The Labute approximate surface area is 116 Å². The van der Waals surface area contributed by atoms with Crippen molar-refractivity contribution in [3.8, 4) is 0 Å². The summed E-state index contributed by atoms with van der Waals surface area (Å²) < 4.78 is 0. The van der Waals surface area contributed by atoms with E-state index in [1.807, 2.05) is 6.07 Å². The smallest absolute Gasteiger partial charge is 0.335 e. The lowest BCUT2D eigenvalue weighted by Gasteiger charge is -2.04. The third-order valence-electron chi connectivity index (χ3n) is 2.71. The third-order valence-corrected chi connectivity index (χ3v) is 3.75. The van der Waals surface area contributed by atoms with E-state index in [1.165, 1.54) is 0 Å².